The second-order valence-electron chi connectivity index (χ2n) is 3.34. The van der Waals surface area contributed by atoms with E-state index in [0.29, 0.717) is 12.5 Å². The molecule has 0 heterocycles. The number of hydrogen-bond donors (Lipinski definition) is 1. The maximum atomic E-state index is 8.85. The number of hydrogen-bond acceptors (Lipinski definition) is 1. The van der Waals surface area contributed by atoms with Crippen LogP contribution < -0.4 is 0 Å². The maximum Gasteiger partial charge on any atom is 0.0462 e. The third kappa shape index (κ3) is 3.00. The van der Waals surface area contributed by atoms with Crippen LogP contribution in [0.15, 0.2) is 0 Å². The first-order chi connectivity index (χ1) is 5.36. The first kappa shape index (κ1) is 9.34. The Hall–Kier alpha value is 0.250. The first-order valence-electron chi connectivity index (χ1n) is 4.37. The van der Waals surface area contributed by atoms with Gasteiger partial charge >= 0.3 is 0 Å². The Morgan fingerprint density at radius 2 is 2.27 bits per heavy atom. The molecular weight excluding hydrogens is 160 g/mol. The van der Waals surface area contributed by atoms with Crippen molar-refractivity contribution in [2.45, 2.75) is 25.7 Å². The topological polar surface area (TPSA) is 20.2 Å². The van der Waals surface area contributed by atoms with Gasteiger partial charge in [-0.15, -0.1) is 11.6 Å². The molecule has 2 unspecified atom stereocenters. The van der Waals surface area contributed by atoms with Gasteiger partial charge in [-0.2, -0.15) is 0 Å². The summed E-state index contributed by atoms with van der Waals surface area (Å²) in [6, 6.07) is 0. The third-order valence-corrected chi connectivity index (χ3v) is 2.72. The zero-order valence-corrected chi connectivity index (χ0v) is 7.56. The molecule has 1 rings (SSSR count). The Labute approximate surface area is 73.8 Å². The average Bonchev–Trinajstić information content (AvgIpc) is 2.07. The summed E-state index contributed by atoms with van der Waals surface area (Å²) in [5, 5.41) is 8.85. The Balaban J connectivity index is 2.14. The van der Waals surface area contributed by atoms with E-state index in [1.54, 1.807) is 0 Å². The molecule has 1 N–H and O–H groups in total. The highest BCUT2D eigenvalue weighted by Gasteiger charge is 2.19. The molecule has 0 aromatic carbocycles. The van der Waals surface area contributed by atoms with Crippen LogP contribution in [0.2, 0.25) is 0 Å². The summed E-state index contributed by atoms with van der Waals surface area (Å²) in [6.45, 7) is 0.327. The van der Waals surface area contributed by atoms with Gasteiger partial charge in [-0.3, -0.25) is 0 Å². The van der Waals surface area contributed by atoms with E-state index < -0.39 is 0 Å². The molecule has 0 saturated heterocycles. The van der Waals surface area contributed by atoms with Gasteiger partial charge in [0.2, 0.25) is 0 Å². The van der Waals surface area contributed by atoms with Crippen LogP contribution in [-0.4, -0.2) is 17.6 Å². The molecule has 0 aliphatic heterocycles. The molecule has 1 aliphatic carbocycles. The van der Waals surface area contributed by atoms with Crippen LogP contribution in [0.4, 0.5) is 0 Å². The lowest BCUT2D eigenvalue weighted by Gasteiger charge is -2.26. The van der Waals surface area contributed by atoms with Gasteiger partial charge in [-0.25, -0.2) is 0 Å². The summed E-state index contributed by atoms with van der Waals surface area (Å²) in [5.74, 6) is 2.03. The standard InChI is InChI=1S/C9H16ClO/c10-6-5-8-1-3-9(7-11)4-2-8/h3,8-9,11H,1-2,4-7H2. The Morgan fingerprint density at radius 3 is 2.73 bits per heavy atom. The predicted molar refractivity (Wildman–Crippen MR) is 47.6 cm³/mol. The fourth-order valence-electron chi connectivity index (χ4n) is 1.65. The summed E-state index contributed by atoms with van der Waals surface area (Å²) >= 11 is 5.64. The quantitative estimate of drug-likeness (QED) is 0.653. The van der Waals surface area contributed by atoms with E-state index in [9.17, 15) is 0 Å². The van der Waals surface area contributed by atoms with Crippen molar-refractivity contribution < 1.29 is 5.11 Å². The average molecular weight is 176 g/mol. The zero-order valence-electron chi connectivity index (χ0n) is 6.80. The molecular formula is C9H16ClO. The molecule has 0 spiro atoms. The van der Waals surface area contributed by atoms with Gasteiger partial charge in [0.25, 0.3) is 0 Å². The van der Waals surface area contributed by atoms with Gasteiger partial charge in [0.05, 0.1) is 0 Å². The van der Waals surface area contributed by atoms with Crippen LogP contribution in [0.25, 0.3) is 0 Å². The van der Waals surface area contributed by atoms with Crippen LogP contribution in [0.5, 0.6) is 0 Å². The van der Waals surface area contributed by atoms with E-state index in [2.05, 4.69) is 6.42 Å². The minimum absolute atomic E-state index is 0.327. The molecule has 11 heavy (non-hydrogen) atoms. The predicted octanol–water partition coefficient (Wildman–Crippen LogP) is 2.23. The van der Waals surface area contributed by atoms with E-state index in [4.69, 9.17) is 16.7 Å². The molecule has 1 saturated carbocycles. The minimum atomic E-state index is 0.327. The highest BCUT2D eigenvalue weighted by molar-refractivity contribution is 6.17. The molecule has 1 aliphatic rings. The van der Waals surface area contributed by atoms with Gasteiger partial charge in [-0.1, -0.05) is 6.42 Å². The Bertz CT molecular complexity index is 97.7. The summed E-state index contributed by atoms with van der Waals surface area (Å²) < 4.78 is 0. The van der Waals surface area contributed by atoms with Crippen LogP contribution in [0, 0.1) is 18.3 Å². The molecule has 0 bridgehead atoms. The van der Waals surface area contributed by atoms with E-state index in [-0.39, 0.29) is 0 Å². The highest BCUT2D eigenvalue weighted by atomic mass is 35.5. The first-order valence-corrected chi connectivity index (χ1v) is 4.90. The number of rotatable bonds is 3. The van der Waals surface area contributed by atoms with Gasteiger partial charge < -0.3 is 5.11 Å². The summed E-state index contributed by atoms with van der Waals surface area (Å²) in [6.07, 6.45) is 6.93. The number of aliphatic hydroxyl groups excluding tert-OH is 1. The molecule has 65 valence electrons. The van der Waals surface area contributed by atoms with Crippen molar-refractivity contribution >= 4 is 11.6 Å². The van der Waals surface area contributed by atoms with Crippen LogP contribution in [0.1, 0.15) is 25.7 Å². The van der Waals surface area contributed by atoms with Crippen molar-refractivity contribution in [1.29, 1.82) is 0 Å². The van der Waals surface area contributed by atoms with Gasteiger partial charge in [0, 0.05) is 12.5 Å². The van der Waals surface area contributed by atoms with Crippen molar-refractivity contribution in [3.63, 3.8) is 0 Å². The third-order valence-electron chi connectivity index (χ3n) is 2.50. The molecule has 2 heteroatoms. The zero-order chi connectivity index (χ0) is 8.10. The van der Waals surface area contributed by atoms with E-state index in [1.165, 1.54) is 6.42 Å². The number of halogens is 1. The van der Waals surface area contributed by atoms with Gasteiger partial charge in [-0.05, 0) is 37.5 Å². The lowest BCUT2D eigenvalue weighted by atomic mass is 9.81. The summed E-state index contributed by atoms with van der Waals surface area (Å²) in [7, 11) is 0. The molecule has 1 fully saturated rings. The molecule has 0 aromatic rings. The lowest BCUT2D eigenvalue weighted by Crippen LogP contribution is -2.18. The van der Waals surface area contributed by atoms with E-state index >= 15 is 0 Å². The number of alkyl halides is 1. The summed E-state index contributed by atoms with van der Waals surface area (Å²) in [4.78, 5) is 0. The van der Waals surface area contributed by atoms with Crippen molar-refractivity contribution in [2.75, 3.05) is 12.5 Å². The second kappa shape index (κ2) is 5.00. The molecule has 0 aromatic heterocycles. The fourth-order valence-corrected chi connectivity index (χ4v) is 1.96. The van der Waals surface area contributed by atoms with Crippen LogP contribution >= 0.6 is 11.6 Å². The molecule has 0 amide bonds. The van der Waals surface area contributed by atoms with Gasteiger partial charge in [0.1, 0.15) is 0 Å². The molecule has 1 nitrogen and oxygen atoms in total. The Morgan fingerprint density at radius 1 is 1.45 bits per heavy atom. The minimum Gasteiger partial charge on any atom is -0.396 e. The van der Waals surface area contributed by atoms with Gasteiger partial charge in [0.15, 0.2) is 0 Å². The van der Waals surface area contributed by atoms with Crippen LogP contribution in [-0.2, 0) is 0 Å². The van der Waals surface area contributed by atoms with Crippen molar-refractivity contribution in [1.82, 2.24) is 0 Å². The monoisotopic (exact) mass is 175 g/mol. The summed E-state index contributed by atoms with van der Waals surface area (Å²) in [5.41, 5.74) is 0. The van der Waals surface area contributed by atoms with E-state index in [1.807, 2.05) is 0 Å². The highest BCUT2D eigenvalue weighted by Crippen LogP contribution is 2.29. The smallest absolute Gasteiger partial charge is 0.0462 e. The maximum absolute atomic E-state index is 8.85. The number of aliphatic hydroxyl groups is 1. The largest absolute Gasteiger partial charge is 0.396 e. The lowest BCUT2D eigenvalue weighted by molar-refractivity contribution is 0.204. The molecule has 2 atom stereocenters. The van der Waals surface area contributed by atoms with Crippen molar-refractivity contribution in [3.8, 4) is 0 Å². The fraction of sp³-hybridized carbons (Fsp3) is 0.889. The molecule has 1 radical (unpaired) electrons. The van der Waals surface area contributed by atoms with Crippen molar-refractivity contribution in [2.24, 2.45) is 11.8 Å². The van der Waals surface area contributed by atoms with E-state index in [0.717, 1.165) is 31.1 Å². The SMILES string of the molecule is OCC1[CH]CC(CCCl)CC1. The van der Waals surface area contributed by atoms with Crippen molar-refractivity contribution in [3.05, 3.63) is 6.42 Å². The second-order valence-corrected chi connectivity index (χ2v) is 3.71. The normalized spacial score (nSPS) is 32.2. The van der Waals surface area contributed by atoms with Crippen LogP contribution in [0.3, 0.4) is 0 Å². The Kier molecular flexibility index (Phi) is 4.24.